The highest BCUT2D eigenvalue weighted by atomic mass is 16.5. The predicted molar refractivity (Wildman–Crippen MR) is 68.8 cm³/mol. The fraction of sp³-hybridized carbons (Fsp3) is 0.846. The SMILES string of the molecule is O=C(NCC1(C(=O)O)CCCCC1)C1CNCCO1. The van der Waals surface area contributed by atoms with Crippen molar-refractivity contribution < 1.29 is 19.4 Å². The Kier molecular flexibility index (Phi) is 4.76. The van der Waals surface area contributed by atoms with Gasteiger partial charge < -0.3 is 20.5 Å². The second-order valence-corrected chi connectivity index (χ2v) is 5.43. The number of morpholine rings is 1. The quantitative estimate of drug-likeness (QED) is 0.675. The summed E-state index contributed by atoms with van der Waals surface area (Å²) in [5.74, 6) is -1.01. The van der Waals surface area contributed by atoms with E-state index in [2.05, 4.69) is 10.6 Å². The normalized spacial score (nSPS) is 26.6. The number of ether oxygens (including phenoxy) is 1. The molecule has 2 aliphatic rings. The summed E-state index contributed by atoms with van der Waals surface area (Å²) in [6.45, 7) is 1.97. The van der Waals surface area contributed by atoms with E-state index < -0.39 is 17.5 Å². The van der Waals surface area contributed by atoms with Gasteiger partial charge in [0.25, 0.3) is 0 Å². The molecule has 0 aromatic heterocycles. The molecule has 2 fully saturated rings. The third-order valence-electron chi connectivity index (χ3n) is 4.09. The number of rotatable bonds is 4. The molecule has 1 saturated carbocycles. The first-order valence-corrected chi connectivity index (χ1v) is 6.97. The zero-order chi connectivity index (χ0) is 13.7. The second kappa shape index (κ2) is 6.34. The lowest BCUT2D eigenvalue weighted by Crippen LogP contribution is -2.51. The van der Waals surface area contributed by atoms with Crippen LogP contribution in [0.25, 0.3) is 0 Å². The van der Waals surface area contributed by atoms with Gasteiger partial charge in [-0.25, -0.2) is 0 Å². The third kappa shape index (κ3) is 3.45. The molecule has 0 radical (unpaired) electrons. The molecule has 108 valence electrons. The van der Waals surface area contributed by atoms with Crippen LogP contribution in [-0.4, -0.2) is 49.3 Å². The summed E-state index contributed by atoms with van der Waals surface area (Å²) in [7, 11) is 0. The minimum Gasteiger partial charge on any atom is -0.481 e. The molecule has 0 aromatic rings. The standard InChI is InChI=1S/C13H22N2O4/c16-11(10-8-14-6-7-19-10)15-9-13(12(17)18)4-2-1-3-5-13/h10,14H,1-9H2,(H,15,16)(H,17,18). The highest BCUT2D eigenvalue weighted by molar-refractivity contribution is 5.82. The van der Waals surface area contributed by atoms with Gasteiger partial charge in [-0.3, -0.25) is 9.59 Å². The lowest BCUT2D eigenvalue weighted by atomic mass is 9.74. The van der Waals surface area contributed by atoms with E-state index in [1.807, 2.05) is 0 Å². The molecular formula is C13H22N2O4. The van der Waals surface area contributed by atoms with Crippen LogP contribution in [0.5, 0.6) is 0 Å². The molecule has 19 heavy (non-hydrogen) atoms. The number of aliphatic carboxylic acids is 1. The van der Waals surface area contributed by atoms with Crippen LogP contribution >= 0.6 is 0 Å². The zero-order valence-electron chi connectivity index (χ0n) is 11.1. The Morgan fingerprint density at radius 3 is 2.63 bits per heavy atom. The van der Waals surface area contributed by atoms with Gasteiger partial charge in [0, 0.05) is 19.6 Å². The molecule has 6 heteroatoms. The fourth-order valence-electron chi connectivity index (χ4n) is 2.80. The Morgan fingerprint density at radius 2 is 2.05 bits per heavy atom. The first kappa shape index (κ1) is 14.3. The number of carboxylic acid groups (broad SMARTS) is 1. The van der Waals surface area contributed by atoms with Crippen LogP contribution in [0.15, 0.2) is 0 Å². The Labute approximate surface area is 112 Å². The molecule has 0 aromatic carbocycles. The lowest BCUT2D eigenvalue weighted by Gasteiger charge is -2.34. The van der Waals surface area contributed by atoms with Crippen LogP contribution in [0.3, 0.4) is 0 Å². The zero-order valence-corrected chi connectivity index (χ0v) is 11.1. The number of carbonyl (C=O) groups is 2. The molecule has 1 unspecified atom stereocenters. The third-order valence-corrected chi connectivity index (χ3v) is 4.09. The van der Waals surface area contributed by atoms with E-state index in [9.17, 15) is 14.7 Å². The monoisotopic (exact) mass is 270 g/mol. The highest BCUT2D eigenvalue weighted by Gasteiger charge is 2.40. The van der Waals surface area contributed by atoms with E-state index in [1.165, 1.54) is 0 Å². The van der Waals surface area contributed by atoms with Crippen molar-refractivity contribution in [1.29, 1.82) is 0 Å². The maximum Gasteiger partial charge on any atom is 0.311 e. The minimum absolute atomic E-state index is 0.209. The molecule has 1 aliphatic carbocycles. The Balaban J connectivity index is 1.87. The van der Waals surface area contributed by atoms with Crippen molar-refractivity contribution in [3.63, 3.8) is 0 Å². The van der Waals surface area contributed by atoms with Crippen molar-refractivity contribution in [2.24, 2.45) is 5.41 Å². The van der Waals surface area contributed by atoms with Crippen LogP contribution in [-0.2, 0) is 14.3 Å². The molecular weight excluding hydrogens is 248 g/mol. The van der Waals surface area contributed by atoms with Crippen molar-refractivity contribution in [2.45, 2.75) is 38.2 Å². The van der Waals surface area contributed by atoms with E-state index in [0.29, 0.717) is 26.0 Å². The Morgan fingerprint density at radius 1 is 1.32 bits per heavy atom. The van der Waals surface area contributed by atoms with Crippen molar-refractivity contribution in [3.8, 4) is 0 Å². The van der Waals surface area contributed by atoms with E-state index in [0.717, 1.165) is 25.8 Å². The average molecular weight is 270 g/mol. The van der Waals surface area contributed by atoms with Gasteiger partial charge in [0.05, 0.1) is 12.0 Å². The summed E-state index contributed by atoms with van der Waals surface area (Å²) in [6.07, 6.45) is 3.72. The topological polar surface area (TPSA) is 87.7 Å². The highest BCUT2D eigenvalue weighted by Crippen LogP contribution is 2.36. The summed E-state index contributed by atoms with van der Waals surface area (Å²) >= 11 is 0. The van der Waals surface area contributed by atoms with Crippen molar-refractivity contribution in [3.05, 3.63) is 0 Å². The van der Waals surface area contributed by atoms with Crippen molar-refractivity contribution >= 4 is 11.9 Å². The molecule has 1 heterocycles. The fourth-order valence-corrected chi connectivity index (χ4v) is 2.80. The van der Waals surface area contributed by atoms with Gasteiger partial charge >= 0.3 is 5.97 Å². The van der Waals surface area contributed by atoms with Gasteiger partial charge in [-0.2, -0.15) is 0 Å². The average Bonchev–Trinajstić information content (AvgIpc) is 2.46. The van der Waals surface area contributed by atoms with Gasteiger partial charge in [-0.15, -0.1) is 0 Å². The molecule has 0 bridgehead atoms. The van der Waals surface area contributed by atoms with E-state index >= 15 is 0 Å². The molecule has 1 aliphatic heterocycles. The van der Waals surface area contributed by atoms with Gasteiger partial charge in [0.15, 0.2) is 0 Å². The first-order valence-electron chi connectivity index (χ1n) is 6.97. The molecule has 3 N–H and O–H groups in total. The maximum atomic E-state index is 11.9. The molecule has 1 atom stereocenters. The number of carbonyl (C=O) groups excluding carboxylic acids is 1. The largest absolute Gasteiger partial charge is 0.481 e. The van der Waals surface area contributed by atoms with Gasteiger partial charge in [-0.1, -0.05) is 19.3 Å². The molecule has 0 spiro atoms. The minimum atomic E-state index is -0.796. The van der Waals surface area contributed by atoms with Crippen LogP contribution in [0.1, 0.15) is 32.1 Å². The summed E-state index contributed by atoms with van der Waals surface area (Å²) in [5, 5.41) is 15.3. The first-order chi connectivity index (χ1) is 9.14. The lowest BCUT2D eigenvalue weighted by molar-refractivity contribution is -0.151. The molecule has 6 nitrogen and oxygen atoms in total. The van der Waals surface area contributed by atoms with E-state index in [4.69, 9.17) is 4.74 Å². The summed E-state index contributed by atoms with van der Waals surface area (Å²) in [5.41, 5.74) is -0.782. The summed E-state index contributed by atoms with van der Waals surface area (Å²) in [4.78, 5) is 23.4. The number of carboxylic acids is 1. The van der Waals surface area contributed by atoms with Crippen molar-refractivity contribution in [1.82, 2.24) is 10.6 Å². The number of amides is 1. The smallest absolute Gasteiger partial charge is 0.311 e. The Bertz CT molecular complexity index is 334. The van der Waals surface area contributed by atoms with Crippen molar-refractivity contribution in [2.75, 3.05) is 26.2 Å². The number of nitrogens with one attached hydrogen (secondary N) is 2. The van der Waals surface area contributed by atoms with Crippen LogP contribution in [0.2, 0.25) is 0 Å². The number of hydrogen-bond donors (Lipinski definition) is 3. The summed E-state index contributed by atoms with van der Waals surface area (Å²) in [6, 6.07) is 0. The second-order valence-electron chi connectivity index (χ2n) is 5.43. The van der Waals surface area contributed by atoms with Gasteiger partial charge in [0.2, 0.25) is 5.91 Å². The van der Waals surface area contributed by atoms with E-state index in [1.54, 1.807) is 0 Å². The Hall–Kier alpha value is -1.14. The van der Waals surface area contributed by atoms with Gasteiger partial charge in [0.1, 0.15) is 6.10 Å². The van der Waals surface area contributed by atoms with E-state index in [-0.39, 0.29) is 12.5 Å². The molecule has 2 rings (SSSR count). The van der Waals surface area contributed by atoms with Crippen LogP contribution < -0.4 is 10.6 Å². The van der Waals surface area contributed by atoms with Crippen LogP contribution in [0, 0.1) is 5.41 Å². The van der Waals surface area contributed by atoms with Crippen LogP contribution in [0.4, 0.5) is 0 Å². The predicted octanol–water partition coefficient (Wildman–Crippen LogP) is 0.126. The molecule has 1 amide bonds. The maximum absolute atomic E-state index is 11.9. The number of hydrogen-bond acceptors (Lipinski definition) is 4. The molecule has 1 saturated heterocycles. The van der Waals surface area contributed by atoms with Gasteiger partial charge in [-0.05, 0) is 12.8 Å². The summed E-state index contributed by atoms with van der Waals surface area (Å²) < 4.78 is 5.35.